The summed E-state index contributed by atoms with van der Waals surface area (Å²) in [6.07, 6.45) is 17.5. The lowest BCUT2D eigenvalue weighted by Crippen LogP contribution is -2.30. The Bertz CT molecular complexity index is 415. The van der Waals surface area contributed by atoms with Crippen LogP contribution >= 0.6 is 0 Å². The Morgan fingerprint density at radius 1 is 0.750 bits per heavy atom. The van der Waals surface area contributed by atoms with Crippen LogP contribution in [0.4, 0.5) is 0 Å². The molecule has 0 saturated heterocycles. The molecule has 0 rings (SSSR count). The number of sulfonamides is 1. The molecule has 5 nitrogen and oxygen atoms in total. The molecule has 0 radical (unpaired) electrons. The Morgan fingerprint density at radius 3 is 1.71 bits per heavy atom. The van der Waals surface area contributed by atoms with Gasteiger partial charge in [0, 0.05) is 19.6 Å². The molecule has 0 heterocycles. The number of aliphatic hydroxyl groups is 1. The molecule has 0 aromatic rings. The van der Waals surface area contributed by atoms with Gasteiger partial charge in [-0.05, 0) is 12.8 Å². The van der Waals surface area contributed by atoms with E-state index >= 15 is 0 Å². The number of nitrogens with one attached hydrogen (secondary N) is 1. The van der Waals surface area contributed by atoms with Crippen LogP contribution in [-0.4, -0.2) is 38.7 Å². The van der Waals surface area contributed by atoms with Crippen LogP contribution in [-0.2, 0) is 14.8 Å². The van der Waals surface area contributed by atoms with Crippen LogP contribution in [0.2, 0.25) is 0 Å². The van der Waals surface area contributed by atoms with E-state index in [1.807, 2.05) is 0 Å². The fraction of sp³-hybridized carbons (Fsp3) is 1.00. The third-order valence-electron chi connectivity index (χ3n) is 5.04. The van der Waals surface area contributed by atoms with E-state index in [1.165, 1.54) is 64.2 Å². The highest BCUT2D eigenvalue weighted by Gasteiger charge is 2.11. The van der Waals surface area contributed by atoms with E-state index in [2.05, 4.69) is 18.6 Å². The van der Waals surface area contributed by atoms with Crippen LogP contribution in [0.5, 0.6) is 0 Å². The molecule has 2 N–H and O–H groups in total. The number of hydrogen-bond donors (Lipinski definition) is 2. The second-order valence-electron chi connectivity index (χ2n) is 7.92. The van der Waals surface area contributed by atoms with E-state index in [4.69, 9.17) is 4.74 Å². The van der Waals surface area contributed by atoms with Crippen LogP contribution in [0.15, 0.2) is 0 Å². The molecule has 0 aliphatic heterocycles. The van der Waals surface area contributed by atoms with Gasteiger partial charge in [0.25, 0.3) is 0 Å². The smallest absolute Gasteiger partial charge is 0.211 e. The lowest BCUT2D eigenvalue weighted by molar-refractivity contribution is -0.102. The molecule has 0 bridgehead atoms. The number of ether oxygens (including phenoxy) is 1. The highest BCUT2D eigenvalue weighted by atomic mass is 32.2. The van der Waals surface area contributed by atoms with E-state index in [9.17, 15) is 13.5 Å². The zero-order valence-corrected chi connectivity index (χ0v) is 19.4. The summed E-state index contributed by atoms with van der Waals surface area (Å²) in [4.78, 5) is 0. The average Bonchev–Trinajstić information content (AvgIpc) is 2.65. The van der Waals surface area contributed by atoms with E-state index in [0.29, 0.717) is 19.4 Å². The Morgan fingerprint density at radius 2 is 1.21 bits per heavy atom. The Hall–Kier alpha value is -0.170. The standard InChI is InChI=1S/C22H47NO4S/c1-3-5-7-8-9-10-11-12-13-14-15-16-17-21-28(25,26)23-19-18-22(24)27-20-6-4-2/h22-24H,3-21H2,1-2H3. The van der Waals surface area contributed by atoms with Crippen molar-refractivity contribution in [3.8, 4) is 0 Å². The normalized spacial score (nSPS) is 13.1. The fourth-order valence-corrected chi connectivity index (χ4v) is 4.32. The molecular formula is C22H47NO4S. The van der Waals surface area contributed by atoms with Crippen molar-refractivity contribution in [2.45, 2.75) is 123 Å². The Kier molecular flexibility index (Phi) is 20.0. The van der Waals surface area contributed by atoms with Gasteiger partial charge in [0.2, 0.25) is 10.0 Å². The van der Waals surface area contributed by atoms with Crippen molar-refractivity contribution in [2.24, 2.45) is 0 Å². The maximum absolute atomic E-state index is 11.9. The SMILES string of the molecule is CCCCCCCCCCCCCCCS(=O)(=O)NCCC(O)OCCCC. The van der Waals surface area contributed by atoms with Crippen molar-refractivity contribution >= 4 is 10.0 Å². The lowest BCUT2D eigenvalue weighted by atomic mass is 10.1. The summed E-state index contributed by atoms with van der Waals surface area (Å²) in [5.74, 6) is 0.178. The van der Waals surface area contributed by atoms with Gasteiger partial charge in [-0.3, -0.25) is 0 Å². The summed E-state index contributed by atoms with van der Waals surface area (Å²) in [6.45, 7) is 5.06. The molecule has 0 aliphatic rings. The molecule has 1 atom stereocenters. The summed E-state index contributed by atoms with van der Waals surface area (Å²) >= 11 is 0. The molecule has 0 amide bonds. The molecule has 0 spiro atoms. The van der Waals surface area contributed by atoms with Crippen molar-refractivity contribution in [3.63, 3.8) is 0 Å². The number of unbranched alkanes of at least 4 members (excludes halogenated alkanes) is 13. The summed E-state index contributed by atoms with van der Waals surface area (Å²) in [5, 5.41) is 9.61. The molecule has 28 heavy (non-hydrogen) atoms. The highest BCUT2D eigenvalue weighted by Crippen LogP contribution is 2.12. The predicted octanol–water partition coefficient (Wildman–Crippen LogP) is 5.52. The third kappa shape index (κ3) is 20.6. The minimum absolute atomic E-state index is 0.178. The van der Waals surface area contributed by atoms with Crippen LogP contribution in [0.3, 0.4) is 0 Å². The molecule has 6 heteroatoms. The van der Waals surface area contributed by atoms with E-state index in [-0.39, 0.29) is 12.3 Å². The minimum atomic E-state index is -3.23. The maximum atomic E-state index is 11.9. The molecule has 170 valence electrons. The predicted molar refractivity (Wildman–Crippen MR) is 119 cm³/mol. The topological polar surface area (TPSA) is 75.6 Å². The lowest BCUT2D eigenvalue weighted by Gasteiger charge is -2.12. The number of rotatable bonds is 22. The molecular weight excluding hydrogens is 374 g/mol. The van der Waals surface area contributed by atoms with Gasteiger partial charge >= 0.3 is 0 Å². The summed E-state index contributed by atoms with van der Waals surface area (Å²) < 4.78 is 31.6. The zero-order chi connectivity index (χ0) is 20.9. The third-order valence-corrected chi connectivity index (χ3v) is 6.51. The second kappa shape index (κ2) is 20.1. The minimum Gasteiger partial charge on any atom is -0.368 e. The van der Waals surface area contributed by atoms with Gasteiger partial charge in [0.15, 0.2) is 6.29 Å². The summed E-state index contributed by atoms with van der Waals surface area (Å²) in [7, 11) is -3.23. The van der Waals surface area contributed by atoms with Gasteiger partial charge in [-0.1, -0.05) is 97.3 Å². The zero-order valence-electron chi connectivity index (χ0n) is 18.6. The van der Waals surface area contributed by atoms with Gasteiger partial charge in [0.1, 0.15) is 0 Å². The van der Waals surface area contributed by atoms with Crippen LogP contribution in [0, 0.1) is 0 Å². The number of aliphatic hydroxyl groups excluding tert-OH is 1. The van der Waals surface area contributed by atoms with Gasteiger partial charge in [-0.2, -0.15) is 0 Å². The molecule has 1 unspecified atom stereocenters. The monoisotopic (exact) mass is 421 g/mol. The van der Waals surface area contributed by atoms with Gasteiger partial charge < -0.3 is 9.84 Å². The van der Waals surface area contributed by atoms with E-state index in [1.54, 1.807) is 0 Å². The van der Waals surface area contributed by atoms with Crippen molar-refractivity contribution in [3.05, 3.63) is 0 Å². The summed E-state index contributed by atoms with van der Waals surface area (Å²) in [6, 6.07) is 0. The van der Waals surface area contributed by atoms with Crippen LogP contribution in [0.1, 0.15) is 117 Å². The van der Waals surface area contributed by atoms with Gasteiger partial charge in [0.05, 0.1) is 5.75 Å². The quantitative estimate of drug-likeness (QED) is 0.178. The molecule has 0 saturated carbocycles. The van der Waals surface area contributed by atoms with Crippen LogP contribution < -0.4 is 4.72 Å². The van der Waals surface area contributed by atoms with E-state index in [0.717, 1.165) is 25.7 Å². The summed E-state index contributed by atoms with van der Waals surface area (Å²) in [5.41, 5.74) is 0. The van der Waals surface area contributed by atoms with Gasteiger partial charge in [-0.15, -0.1) is 0 Å². The molecule has 0 aliphatic carbocycles. The Balaban J connectivity index is 3.42. The largest absolute Gasteiger partial charge is 0.368 e. The van der Waals surface area contributed by atoms with Crippen molar-refractivity contribution < 1.29 is 18.3 Å². The first-order valence-corrected chi connectivity index (χ1v) is 13.4. The van der Waals surface area contributed by atoms with Crippen LogP contribution in [0.25, 0.3) is 0 Å². The molecule has 0 aromatic heterocycles. The average molecular weight is 422 g/mol. The first-order chi connectivity index (χ1) is 13.5. The Labute approximate surface area is 175 Å². The highest BCUT2D eigenvalue weighted by molar-refractivity contribution is 7.89. The van der Waals surface area contributed by atoms with Crippen molar-refractivity contribution in [2.75, 3.05) is 18.9 Å². The first kappa shape index (κ1) is 27.8. The van der Waals surface area contributed by atoms with E-state index < -0.39 is 16.3 Å². The van der Waals surface area contributed by atoms with Crippen molar-refractivity contribution in [1.29, 1.82) is 0 Å². The number of hydrogen-bond acceptors (Lipinski definition) is 4. The first-order valence-electron chi connectivity index (χ1n) is 11.8. The molecule has 0 aromatic carbocycles. The molecule has 0 fully saturated rings. The second-order valence-corrected chi connectivity index (χ2v) is 9.85. The maximum Gasteiger partial charge on any atom is 0.211 e. The van der Waals surface area contributed by atoms with Gasteiger partial charge in [-0.25, -0.2) is 13.1 Å². The van der Waals surface area contributed by atoms with Crippen molar-refractivity contribution in [1.82, 2.24) is 4.72 Å². The fourth-order valence-electron chi connectivity index (χ4n) is 3.17.